The van der Waals surface area contributed by atoms with Gasteiger partial charge < -0.3 is 9.77 Å². The largest absolute Gasteiger partial charge is 0.618 e. The van der Waals surface area contributed by atoms with Crippen LogP contribution in [-0.4, -0.2) is 42.2 Å². The summed E-state index contributed by atoms with van der Waals surface area (Å²) in [5.41, 5.74) is 3.86. The molecule has 1 N–H and O–H groups in total. The Bertz CT molecular complexity index is 1630. The minimum Gasteiger partial charge on any atom is -0.618 e. The van der Waals surface area contributed by atoms with Crippen molar-refractivity contribution in [2.45, 2.75) is 32.7 Å². The zero-order valence-electron chi connectivity index (χ0n) is 21.0. The van der Waals surface area contributed by atoms with E-state index in [-0.39, 0.29) is 22.1 Å². The Hall–Kier alpha value is -4.70. The Morgan fingerprint density at radius 2 is 1.87 bits per heavy atom. The zero-order chi connectivity index (χ0) is 27.4. The summed E-state index contributed by atoms with van der Waals surface area (Å²) in [6, 6.07) is 18.5. The molecule has 0 bridgehead atoms. The third kappa shape index (κ3) is 5.32. The number of aryl methyl sites for hydroxylation is 1. The molecule has 39 heavy (non-hydrogen) atoms. The lowest BCUT2D eigenvalue weighted by atomic mass is 9.98. The van der Waals surface area contributed by atoms with Crippen LogP contribution in [0.3, 0.4) is 0 Å². The lowest BCUT2D eigenvalue weighted by Gasteiger charge is -2.13. The van der Waals surface area contributed by atoms with Crippen molar-refractivity contribution in [3.8, 4) is 22.5 Å². The lowest BCUT2D eigenvalue weighted by molar-refractivity contribution is -0.607. The number of tetrazole rings is 1. The molecule has 0 spiro atoms. The summed E-state index contributed by atoms with van der Waals surface area (Å²) in [5.74, 6) is 0.607. The van der Waals surface area contributed by atoms with Crippen LogP contribution < -0.4 is 4.73 Å². The first-order valence-electron chi connectivity index (χ1n) is 12.4. The average Bonchev–Trinajstić information content (AvgIpc) is 3.60. The molecule has 0 atom stereocenters. The third-order valence-corrected chi connectivity index (χ3v) is 6.66. The summed E-state index contributed by atoms with van der Waals surface area (Å²) in [4.78, 5) is 29.0. The number of carbonyl (C=O) groups is 2. The molecule has 0 unspecified atom stereocenters. The van der Waals surface area contributed by atoms with Gasteiger partial charge in [0, 0.05) is 24.6 Å². The van der Waals surface area contributed by atoms with Gasteiger partial charge in [-0.15, -0.1) is 10.2 Å². The monoisotopic (exact) mass is 541 g/mol. The second-order valence-corrected chi connectivity index (χ2v) is 9.31. The van der Waals surface area contributed by atoms with Gasteiger partial charge in [0.05, 0.1) is 5.56 Å². The van der Waals surface area contributed by atoms with Crippen LogP contribution in [0.5, 0.6) is 0 Å². The number of aromatic nitrogens is 7. The second-order valence-electron chi connectivity index (χ2n) is 8.96. The maximum Gasteiger partial charge on any atom is 0.277 e. The number of halogens is 1. The van der Waals surface area contributed by atoms with E-state index in [4.69, 9.17) is 11.6 Å². The highest BCUT2D eigenvalue weighted by atomic mass is 35.5. The highest BCUT2D eigenvalue weighted by Crippen LogP contribution is 2.30. The molecule has 2 aromatic carbocycles. The summed E-state index contributed by atoms with van der Waals surface area (Å²) in [7, 11) is 0. The summed E-state index contributed by atoms with van der Waals surface area (Å²) >= 11 is 6.48. The Kier molecular flexibility index (Phi) is 7.55. The fourth-order valence-electron chi connectivity index (χ4n) is 4.42. The summed E-state index contributed by atoms with van der Waals surface area (Å²) in [6.07, 6.45) is 4.05. The SMILES string of the molecule is CCCCc1nc(Cl)c(C(=O)c2ccc(C=O)c[n+]2[O-])n1Cc1ccc(-c2ccccc2-c2nn[nH]n2)cc1. The zero-order valence-corrected chi connectivity index (χ0v) is 21.8. The molecule has 0 saturated heterocycles. The molecule has 5 rings (SSSR count). The number of benzene rings is 2. The third-order valence-electron chi connectivity index (χ3n) is 6.40. The van der Waals surface area contributed by atoms with Gasteiger partial charge in [0.15, 0.2) is 17.6 Å². The number of imidazole rings is 1. The summed E-state index contributed by atoms with van der Waals surface area (Å²) in [6.45, 7) is 2.40. The molecule has 3 heterocycles. The van der Waals surface area contributed by atoms with Gasteiger partial charge in [-0.2, -0.15) is 9.94 Å². The van der Waals surface area contributed by atoms with Crippen LogP contribution in [0.2, 0.25) is 5.15 Å². The Labute approximate surface area is 228 Å². The molecule has 10 nitrogen and oxygen atoms in total. The van der Waals surface area contributed by atoms with E-state index in [1.165, 1.54) is 12.1 Å². The van der Waals surface area contributed by atoms with Gasteiger partial charge in [-0.25, -0.2) is 4.98 Å². The van der Waals surface area contributed by atoms with Gasteiger partial charge in [0.25, 0.3) is 11.5 Å². The predicted molar refractivity (Wildman–Crippen MR) is 144 cm³/mol. The van der Waals surface area contributed by atoms with Crippen molar-refractivity contribution >= 4 is 23.7 Å². The van der Waals surface area contributed by atoms with Crippen molar-refractivity contribution in [1.82, 2.24) is 30.2 Å². The van der Waals surface area contributed by atoms with Crippen LogP contribution in [0.25, 0.3) is 22.5 Å². The Morgan fingerprint density at radius 3 is 2.54 bits per heavy atom. The van der Waals surface area contributed by atoms with Gasteiger partial charge in [0.1, 0.15) is 11.5 Å². The van der Waals surface area contributed by atoms with E-state index in [1.807, 2.05) is 48.5 Å². The fraction of sp³-hybridized carbons (Fsp3) is 0.179. The molecule has 11 heteroatoms. The highest BCUT2D eigenvalue weighted by molar-refractivity contribution is 6.33. The second kappa shape index (κ2) is 11.4. The van der Waals surface area contributed by atoms with Crippen molar-refractivity contribution in [2.75, 3.05) is 0 Å². The molecule has 0 amide bonds. The van der Waals surface area contributed by atoms with Crippen LogP contribution in [-0.2, 0) is 13.0 Å². The number of aldehydes is 1. The minimum atomic E-state index is -0.562. The van der Waals surface area contributed by atoms with E-state index in [2.05, 4.69) is 32.5 Å². The predicted octanol–water partition coefficient (Wildman–Crippen LogP) is 4.45. The number of nitrogens with zero attached hydrogens (tertiary/aromatic N) is 6. The molecule has 0 aliphatic carbocycles. The molecule has 0 fully saturated rings. The fourth-order valence-corrected chi connectivity index (χ4v) is 4.71. The maximum atomic E-state index is 13.5. The average molecular weight is 542 g/mol. The van der Waals surface area contributed by atoms with Crippen molar-refractivity contribution in [2.24, 2.45) is 0 Å². The van der Waals surface area contributed by atoms with E-state index in [0.717, 1.165) is 41.3 Å². The Morgan fingerprint density at radius 1 is 1.10 bits per heavy atom. The van der Waals surface area contributed by atoms with E-state index >= 15 is 0 Å². The summed E-state index contributed by atoms with van der Waals surface area (Å²) < 4.78 is 2.16. The number of carbonyl (C=O) groups excluding carboxylic acids is 2. The smallest absolute Gasteiger partial charge is 0.277 e. The van der Waals surface area contributed by atoms with Crippen molar-refractivity contribution in [3.05, 3.63) is 106 Å². The number of unbranched alkanes of at least 4 members (excludes halogenated alkanes) is 1. The topological polar surface area (TPSA) is 133 Å². The van der Waals surface area contributed by atoms with Gasteiger partial charge in [0.2, 0.25) is 5.82 Å². The van der Waals surface area contributed by atoms with Gasteiger partial charge in [-0.1, -0.05) is 73.5 Å². The lowest BCUT2D eigenvalue weighted by Crippen LogP contribution is -2.35. The number of H-pyrrole nitrogens is 1. The molecular formula is C28H24ClN7O3. The number of pyridine rings is 1. The van der Waals surface area contributed by atoms with Gasteiger partial charge >= 0.3 is 0 Å². The van der Waals surface area contributed by atoms with Crippen molar-refractivity contribution < 1.29 is 14.3 Å². The van der Waals surface area contributed by atoms with Crippen LogP contribution in [0.1, 0.15) is 57.7 Å². The van der Waals surface area contributed by atoms with Crippen LogP contribution in [0.15, 0.2) is 66.9 Å². The first kappa shape index (κ1) is 25.9. The first-order valence-corrected chi connectivity index (χ1v) is 12.8. The first-order chi connectivity index (χ1) is 19.0. The van der Waals surface area contributed by atoms with E-state index in [1.54, 1.807) is 4.57 Å². The van der Waals surface area contributed by atoms with Crippen molar-refractivity contribution in [3.63, 3.8) is 0 Å². The van der Waals surface area contributed by atoms with Crippen molar-refractivity contribution in [1.29, 1.82) is 0 Å². The summed E-state index contributed by atoms with van der Waals surface area (Å²) in [5, 5.41) is 26.9. The number of rotatable bonds is 10. The number of hydrogen-bond acceptors (Lipinski definition) is 7. The van der Waals surface area contributed by atoms with Crippen LogP contribution in [0.4, 0.5) is 0 Å². The number of nitrogens with one attached hydrogen (secondary N) is 1. The number of ketones is 1. The quantitative estimate of drug-likeness (QED) is 0.119. The molecule has 0 aliphatic rings. The maximum absolute atomic E-state index is 13.5. The van der Waals surface area contributed by atoms with Crippen LogP contribution >= 0.6 is 11.6 Å². The van der Waals surface area contributed by atoms with E-state index < -0.39 is 5.78 Å². The molecule has 5 aromatic rings. The molecule has 196 valence electrons. The van der Waals surface area contributed by atoms with Crippen LogP contribution in [0, 0.1) is 5.21 Å². The number of hydrogen-bond donors (Lipinski definition) is 1. The Balaban J connectivity index is 1.50. The molecule has 0 saturated carbocycles. The van der Waals surface area contributed by atoms with E-state index in [9.17, 15) is 14.8 Å². The van der Waals surface area contributed by atoms with Gasteiger partial charge in [-0.3, -0.25) is 9.59 Å². The molecule has 0 aliphatic heterocycles. The molecular weight excluding hydrogens is 518 g/mol. The number of aromatic amines is 1. The highest BCUT2D eigenvalue weighted by Gasteiger charge is 2.28. The normalized spacial score (nSPS) is 11.0. The minimum absolute atomic E-state index is 0.0382. The van der Waals surface area contributed by atoms with E-state index in [0.29, 0.717) is 35.6 Å². The van der Waals surface area contributed by atoms with Gasteiger partial charge in [-0.05, 0) is 34.4 Å². The molecule has 3 aromatic heterocycles. The molecule has 0 radical (unpaired) electrons. The standard InChI is InChI=1S/C28H24ClN7O3/c1-2-3-8-24-30-27(29)25(26(38)23-14-11-19(17-37)16-36(23)39)35(24)15-18-9-12-20(13-10-18)21-6-4-5-7-22(21)28-31-33-34-32-28/h4-7,9-14,16-17H,2-3,8,15H2,1H3,(H,31,32,33,34).